The van der Waals surface area contributed by atoms with Crippen LogP contribution >= 0.6 is 0 Å². The molecule has 0 saturated carbocycles. The minimum Gasteiger partial charge on any atom is -0.396 e. The highest BCUT2D eigenvalue weighted by atomic mass is 16.5. The van der Waals surface area contributed by atoms with E-state index < -0.39 is 0 Å². The maximum absolute atomic E-state index is 10.8. The summed E-state index contributed by atoms with van der Waals surface area (Å²) in [5.74, 6) is -0.168. The molecule has 12 heavy (non-hydrogen) atoms. The van der Waals surface area contributed by atoms with Crippen molar-refractivity contribution in [3.05, 3.63) is 0 Å². The Morgan fingerprint density at radius 1 is 1.58 bits per heavy atom. The van der Waals surface area contributed by atoms with Crippen molar-refractivity contribution in [2.75, 3.05) is 32.9 Å². The smallest absolute Gasteiger partial charge is 0.246 e. The third-order valence-electron chi connectivity index (χ3n) is 1.15. The summed E-state index contributed by atoms with van der Waals surface area (Å²) in [4.78, 5) is 10.8. The third kappa shape index (κ3) is 7.46. The fraction of sp³-hybridized carbons (Fsp3) is 0.857. The van der Waals surface area contributed by atoms with Crippen LogP contribution in [0.1, 0.15) is 6.42 Å². The van der Waals surface area contributed by atoms with Gasteiger partial charge in [-0.25, -0.2) is 0 Å². The molecule has 0 heterocycles. The molecule has 0 bridgehead atoms. The lowest BCUT2D eigenvalue weighted by molar-refractivity contribution is -0.125. The number of carbonyl (C=O) groups is 1. The average Bonchev–Trinajstić information content (AvgIpc) is 2.09. The zero-order valence-corrected chi connectivity index (χ0v) is 7.08. The summed E-state index contributed by atoms with van der Waals surface area (Å²) in [7, 11) is 0. The Morgan fingerprint density at radius 2 is 2.33 bits per heavy atom. The number of aliphatic hydroxyl groups excluding tert-OH is 1. The standard InChI is InChI=1S/C7H16N2O3/c8-2-3-9-7(11)6-12-5-1-4-10/h10H,1-6,8H2,(H,9,11). The second kappa shape index (κ2) is 8.45. The maximum atomic E-state index is 10.8. The fourth-order valence-electron chi connectivity index (χ4n) is 0.594. The summed E-state index contributed by atoms with van der Waals surface area (Å²) in [5.41, 5.74) is 5.16. The summed E-state index contributed by atoms with van der Waals surface area (Å²) in [6.07, 6.45) is 0.560. The molecule has 0 saturated heterocycles. The summed E-state index contributed by atoms with van der Waals surface area (Å²) in [6.45, 7) is 1.45. The van der Waals surface area contributed by atoms with Crippen molar-refractivity contribution >= 4 is 5.91 Å². The largest absolute Gasteiger partial charge is 0.396 e. The lowest BCUT2D eigenvalue weighted by Gasteiger charge is -2.03. The molecule has 72 valence electrons. The van der Waals surface area contributed by atoms with Crippen LogP contribution in [0.4, 0.5) is 0 Å². The van der Waals surface area contributed by atoms with Crippen molar-refractivity contribution in [3.63, 3.8) is 0 Å². The zero-order chi connectivity index (χ0) is 9.23. The number of nitrogens with one attached hydrogen (secondary N) is 1. The monoisotopic (exact) mass is 176 g/mol. The van der Waals surface area contributed by atoms with Crippen LogP contribution in [-0.2, 0) is 9.53 Å². The number of hydrogen-bond acceptors (Lipinski definition) is 4. The van der Waals surface area contributed by atoms with Gasteiger partial charge in [-0.1, -0.05) is 0 Å². The van der Waals surface area contributed by atoms with E-state index in [4.69, 9.17) is 15.6 Å². The second-order valence-corrected chi connectivity index (χ2v) is 2.27. The average molecular weight is 176 g/mol. The molecule has 5 nitrogen and oxygen atoms in total. The van der Waals surface area contributed by atoms with Gasteiger partial charge in [0.1, 0.15) is 6.61 Å². The SMILES string of the molecule is NCCNC(=O)COCCCO. The Kier molecular flexibility index (Phi) is 7.99. The predicted molar refractivity (Wildman–Crippen MR) is 44.6 cm³/mol. The molecule has 0 atom stereocenters. The number of aliphatic hydroxyl groups is 1. The minimum atomic E-state index is -0.168. The molecule has 0 aromatic rings. The van der Waals surface area contributed by atoms with E-state index >= 15 is 0 Å². The van der Waals surface area contributed by atoms with E-state index in [-0.39, 0.29) is 19.1 Å². The Labute approximate surface area is 71.9 Å². The molecule has 5 heteroatoms. The van der Waals surface area contributed by atoms with Gasteiger partial charge in [-0.15, -0.1) is 0 Å². The van der Waals surface area contributed by atoms with Gasteiger partial charge in [0.25, 0.3) is 0 Å². The topological polar surface area (TPSA) is 84.6 Å². The fourth-order valence-corrected chi connectivity index (χ4v) is 0.594. The summed E-state index contributed by atoms with van der Waals surface area (Å²) < 4.78 is 4.92. The number of nitrogens with two attached hydrogens (primary N) is 1. The Hall–Kier alpha value is -0.650. The van der Waals surface area contributed by atoms with Crippen molar-refractivity contribution < 1.29 is 14.6 Å². The van der Waals surface area contributed by atoms with Crippen molar-refractivity contribution in [1.82, 2.24) is 5.32 Å². The number of rotatable bonds is 7. The van der Waals surface area contributed by atoms with E-state index in [2.05, 4.69) is 5.32 Å². The second-order valence-electron chi connectivity index (χ2n) is 2.27. The van der Waals surface area contributed by atoms with E-state index in [1.165, 1.54) is 0 Å². The minimum absolute atomic E-state index is 0.0417. The Balaban J connectivity index is 3.08. The lowest BCUT2D eigenvalue weighted by Crippen LogP contribution is -2.32. The van der Waals surface area contributed by atoms with Gasteiger partial charge in [0.15, 0.2) is 0 Å². The molecule has 4 N–H and O–H groups in total. The predicted octanol–water partition coefficient (Wildman–Crippen LogP) is -1.54. The van der Waals surface area contributed by atoms with Crippen LogP contribution in [-0.4, -0.2) is 43.9 Å². The summed E-state index contributed by atoms with van der Waals surface area (Å²) in [5, 5.41) is 10.9. The van der Waals surface area contributed by atoms with Crippen LogP contribution in [0.15, 0.2) is 0 Å². The molecular weight excluding hydrogens is 160 g/mol. The molecule has 0 aliphatic heterocycles. The Morgan fingerprint density at radius 3 is 2.92 bits per heavy atom. The molecule has 0 fully saturated rings. The van der Waals surface area contributed by atoms with Crippen LogP contribution < -0.4 is 11.1 Å². The highest BCUT2D eigenvalue weighted by Crippen LogP contribution is 1.80. The number of amides is 1. The normalized spacial score (nSPS) is 9.83. The summed E-state index contributed by atoms with van der Waals surface area (Å²) in [6, 6.07) is 0. The number of hydrogen-bond donors (Lipinski definition) is 3. The first-order valence-corrected chi connectivity index (χ1v) is 3.96. The first-order valence-electron chi connectivity index (χ1n) is 3.96. The third-order valence-corrected chi connectivity index (χ3v) is 1.15. The van der Waals surface area contributed by atoms with Crippen molar-refractivity contribution in [2.24, 2.45) is 5.73 Å². The highest BCUT2D eigenvalue weighted by Gasteiger charge is 1.98. The van der Waals surface area contributed by atoms with Crippen molar-refractivity contribution in [1.29, 1.82) is 0 Å². The van der Waals surface area contributed by atoms with E-state index in [0.29, 0.717) is 26.1 Å². The maximum Gasteiger partial charge on any atom is 0.246 e. The molecule has 0 unspecified atom stereocenters. The van der Waals surface area contributed by atoms with Gasteiger partial charge in [-0.3, -0.25) is 4.79 Å². The van der Waals surface area contributed by atoms with Gasteiger partial charge in [-0.2, -0.15) is 0 Å². The lowest BCUT2D eigenvalue weighted by atomic mass is 10.5. The first kappa shape index (κ1) is 11.4. The molecule has 0 radical (unpaired) electrons. The molecule has 0 spiro atoms. The first-order chi connectivity index (χ1) is 5.81. The van der Waals surface area contributed by atoms with E-state index in [0.717, 1.165) is 0 Å². The van der Waals surface area contributed by atoms with Gasteiger partial charge in [-0.05, 0) is 6.42 Å². The molecule has 0 aromatic heterocycles. The van der Waals surface area contributed by atoms with Gasteiger partial charge in [0, 0.05) is 26.3 Å². The van der Waals surface area contributed by atoms with Gasteiger partial charge in [0.05, 0.1) is 0 Å². The Bertz CT molecular complexity index is 119. The van der Waals surface area contributed by atoms with Crippen LogP contribution in [0.3, 0.4) is 0 Å². The quantitative estimate of drug-likeness (QED) is 0.410. The summed E-state index contributed by atoms with van der Waals surface area (Å²) >= 11 is 0. The van der Waals surface area contributed by atoms with Gasteiger partial charge >= 0.3 is 0 Å². The van der Waals surface area contributed by atoms with Gasteiger partial charge in [0.2, 0.25) is 5.91 Å². The van der Waals surface area contributed by atoms with Crippen LogP contribution in [0.25, 0.3) is 0 Å². The number of carbonyl (C=O) groups excluding carboxylic acids is 1. The van der Waals surface area contributed by atoms with Crippen molar-refractivity contribution in [3.8, 4) is 0 Å². The van der Waals surface area contributed by atoms with E-state index in [9.17, 15) is 4.79 Å². The van der Waals surface area contributed by atoms with Gasteiger partial charge < -0.3 is 20.9 Å². The number of ether oxygens (including phenoxy) is 1. The van der Waals surface area contributed by atoms with Crippen LogP contribution in [0, 0.1) is 0 Å². The highest BCUT2D eigenvalue weighted by molar-refractivity contribution is 5.77. The molecular formula is C7H16N2O3. The van der Waals surface area contributed by atoms with Crippen LogP contribution in [0.5, 0.6) is 0 Å². The molecule has 0 rings (SSSR count). The van der Waals surface area contributed by atoms with Crippen molar-refractivity contribution in [2.45, 2.75) is 6.42 Å². The molecule has 1 amide bonds. The molecule has 0 aromatic carbocycles. The van der Waals surface area contributed by atoms with E-state index in [1.54, 1.807) is 0 Å². The van der Waals surface area contributed by atoms with Crippen LogP contribution in [0.2, 0.25) is 0 Å². The molecule has 0 aliphatic rings. The molecule has 0 aliphatic carbocycles. The zero-order valence-electron chi connectivity index (χ0n) is 7.08. The van der Waals surface area contributed by atoms with E-state index in [1.807, 2.05) is 0 Å².